The first kappa shape index (κ1) is 22.7. The second-order valence-electron chi connectivity index (χ2n) is 8.15. The van der Waals surface area contributed by atoms with Crippen LogP contribution in [0.15, 0.2) is 72.3 Å². The maximum atomic E-state index is 13.7. The van der Waals surface area contributed by atoms with Gasteiger partial charge in [0, 0.05) is 5.56 Å². The zero-order chi connectivity index (χ0) is 24.7. The minimum absolute atomic E-state index is 0.0697. The predicted molar refractivity (Wildman–Crippen MR) is 133 cm³/mol. The van der Waals surface area contributed by atoms with Gasteiger partial charge in [-0.15, -0.1) is 0 Å². The smallest absolute Gasteiger partial charge is 0.301 e. The van der Waals surface area contributed by atoms with Crippen LogP contribution in [0.5, 0.6) is 5.75 Å². The van der Waals surface area contributed by atoms with Gasteiger partial charge >= 0.3 is 5.91 Å². The molecule has 1 unspecified atom stereocenters. The van der Waals surface area contributed by atoms with Gasteiger partial charge in [0.2, 0.25) is 0 Å². The van der Waals surface area contributed by atoms with Crippen molar-refractivity contribution in [3.63, 3.8) is 0 Å². The van der Waals surface area contributed by atoms with Crippen molar-refractivity contribution in [3.05, 3.63) is 94.8 Å². The number of amides is 1. The van der Waals surface area contributed by atoms with Gasteiger partial charge in [-0.3, -0.25) is 14.5 Å². The number of thiazole rings is 1. The number of aliphatic hydroxyl groups is 1. The third-order valence-corrected chi connectivity index (χ3v) is 6.84. The monoisotopic (exact) mass is 488 g/mol. The summed E-state index contributed by atoms with van der Waals surface area (Å²) in [5.74, 6) is -1.71. The van der Waals surface area contributed by atoms with Crippen LogP contribution < -0.4 is 9.64 Å². The number of fused-ring (bicyclic) bond motifs is 1. The van der Waals surface area contributed by atoms with E-state index in [1.807, 2.05) is 32.0 Å². The fourth-order valence-corrected chi connectivity index (χ4v) is 5.13. The van der Waals surface area contributed by atoms with Crippen LogP contribution >= 0.6 is 11.3 Å². The molecule has 0 saturated carbocycles. The summed E-state index contributed by atoms with van der Waals surface area (Å²) < 4.78 is 20.1. The van der Waals surface area contributed by atoms with Gasteiger partial charge in [-0.05, 0) is 49.7 Å². The number of aliphatic hydroxyl groups excluding tert-OH is 1. The maximum Gasteiger partial charge on any atom is 0.301 e. The van der Waals surface area contributed by atoms with Crippen molar-refractivity contribution in [2.75, 3.05) is 11.5 Å². The molecule has 176 valence electrons. The Hall–Kier alpha value is -4.04. The second kappa shape index (κ2) is 8.96. The summed E-state index contributed by atoms with van der Waals surface area (Å²) in [7, 11) is 0. The highest BCUT2D eigenvalue weighted by Gasteiger charge is 2.48. The molecule has 1 amide bonds. The van der Waals surface area contributed by atoms with Crippen LogP contribution in [0.3, 0.4) is 0 Å². The number of aryl methyl sites for hydroxylation is 1. The average Bonchev–Trinajstić information content (AvgIpc) is 3.38. The molecule has 3 aromatic carbocycles. The normalized spacial score (nSPS) is 17.3. The third-order valence-electron chi connectivity index (χ3n) is 5.82. The highest BCUT2D eigenvalue weighted by Crippen LogP contribution is 2.44. The Morgan fingerprint density at radius 3 is 2.49 bits per heavy atom. The van der Waals surface area contributed by atoms with E-state index in [0.717, 1.165) is 10.3 Å². The first-order valence-corrected chi connectivity index (χ1v) is 11.9. The van der Waals surface area contributed by atoms with E-state index in [9.17, 15) is 19.1 Å². The molecule has 0 radical (unpaired) electrons. The van der Waals surface area contributed by atoms with Crippen LogP contribution in [0.1, 0.15) is 29.7 Å². The zero-order valence-corrected chi connectivity index (χ0v) is 19.8. The summed E-state index contributed by atoms with van der Waals surface area (Å²) in [4.78, 5) is 32.4. The van der Waals surface area contributed by atoms with Crippen LogP contribution in [0.2, 0.25) is 0 Å². The van der Waals surface area contributed by atoms with Gasteiger partial charge in [-0.1, -0.05) is 53.3 Å². The lowest BCUT2D eigenvalue weighted by atomic mass is 9.95. The molecule has 4 aromatic rings. The highest BCUT2D eigenvalue weighted by atomic mass is 32.1. The largest absolute Gasteiger partial charge is 0.507 e. The number of halogens is 1. The Morgan fingerprint density at radius 2 is 1.80 bits per heavy atom. The van der Waals surface area contributed by atoms with E-state index < -0.39 is 23.5 Å². The van der Waals surface area contributed by atoms with Gasteiger partial charge in [-0.2, -0.15) is 0 Å². The standard InChI is InChI=1S/C27H21FN2O4S/c1-3-34-19-12-13-20-21(14-19)35-27(29-20)30-23(16-8-10-18(28)11-9-16)22(25(32)26(30)33)24(31)17-6-4-15(2)5-7-17/h4-14,23,31H,3H2,1-2H3. The Labute approximate surface area is 204 Å². The molecule has 0 spiro atoms. The maximum absolute atomic E-state index is 13.7. The molecular formula is C27H21FN2O4S. The van der Waals surface area contributed by atoms with E-state index in [2.05, 4.69) is 4.98 Å². The van der Waals surface area contributed by atoms with Crippen LogP contribution in [0.25, 0.3) is 16.0 Å². The molecule has 1 N–H and O–H groups in total. The number of nitrogens with zero attached hydrogens (tertiary/aromatic N) is 2. The lowest BCUT2D eigenvalue weighted by Gasteiger charge is -2.23. The number of hydrogen-bond donors (Lipinski definition) is 1. The number of ether oxygens (including phenoxy) is 1. The Balaban J connectivity index is 1.69. The van der Waals surface area contributed by atoms with Crippen molar-refractivity contribution in [3.8, 4) is 5.75 Å². The Morgan fingerprint density at radius 1 is 1.09 bits per heavy atom. The SMILES string of the molecule is CCOc1ccc2nc(N3C(=O)C(=O)C(=C(O)c4ccc(C)cc4)C3c3ccc(F)cc3)sc2c1. The van der Waals surface area contributed by atoms with Gasteiger partial charge in [0.25, 0.3) is 5.78 Å². The minimum Gasteiger partial charge on any atom is -0.507 e. The second-order valence-corrected chi connectivity index (χ2v) is 9.15. The number of carbonyl (C=O) groups is 2. The molecule has 6 nitrogen and oxygen atoms in total. The molecule has 0 aliphatic carbocycles. The van der Waals surface area contributed by atoms with Crippen molar-refractivity contribution in [2.24, 2.45) is 0 Å². The molecule has 1 atom stereocenters. The van der Waals surface area contributed by atoms with Crippen LogP contribution in [0.4, 0.5) is 9.52 Å². The Kier molecular flexibility index (Phi) is 5.82. The summed E-state index contributed by atoms with van der Waals surface area (Å²) >= 11 is 1.24. The van der Waals surface area contributed by atoms with E-state index in [-0.39, 0.29) is 11.3 Å². The van der Waals surface area contributed by atoms with Gasteiger partial charge in [0.05, 0.1) is 28.4 Å². The van der Waals surface area contributed by atoms with E-state index in [0.29, 0.717) is 34.1 Å². The summed E-state index contributed by atoms with van der Waals surface area (Å²) in [5, 5.41) is 11.5. The number of hydrogen-bond acceptors (Lipinski definition) is 6. The molecule has 5 rings (SSSR count). The van der Waals surface area contributed by atoms with Crippen LogP contribution in [-0.4, -0.2) is 28.4 Å². The summed E-state index contributed by atoms with van der Waals surface area (Å²) in [5.41, 5.74) is 2.45. The molecule has 2 heterocycles. The minimum atomic E-state index is -0.969. The zero-order valence-electron chi connectivity index (χ0n) is 19.0. The highest BCUT2D eigenvalue weighted by molar-refractivity contribution is 7.22. The van der Waals surface area contributed by atoms with Crippen LogP contribution in [-0.2, 0) is 9.59 Å². The fraction of sp³-hybridized carbons (Fsp3) is 0.148. The number of Topliss-reactive ketones (excluding diaryl/α,β-unsaturated/α-hetero) is 1. The number of benzene rings is 3. The molecule has 8 heteroatoms. The molecule has 1 fully saturated rings. The molecule has 1 aromatic heterocycles. The quantitative estimate of drug-likeness (QED) is 0.219. The first-order valence-electron chi connectivity index (χ1n) is 11.0. The number of rotatable bonds is 5. The van der Waals surface area contributed by atoms with Gasteiger partial charge < -0.3 is 9.84 Å². The molecular weight excluding hydrogens is 467 g/mol. The average molecular weight is 489 g/mol. The number of aromatic nitrogens is 1. The Bertz CT molecular complexity index is 1480. The van der Waals surface area contributed by atoms with E-state index in [1.165, 1.54) is 40.5 Å². The van der Waals surface area contributed by atoms with E-state index >= 15 is 0 Å². The molecule has 0 bridgehead atoms. The lowest BCUT2D eigenvalue weighted by molar-refractivity contribution is -0.132. The summed E-state index contributed by atoms with van der Waals surface area (Å²) in [6.45, 7) is 4.30. The number of carbonyl (C=O) groups excluding carboxylic acids is 2. The van der Waals surface area contributed by atoms with Gasteiger partial charge in [-0.25, -0.2) is 9.37 Å². The van der Waals surface area contributed by atoms with E-state index in [1.54, 1.807) is 24.3 Å². The van der Waals surface area contributed by atoms with Crippen molar-refractivity contribution in [1.29, 1.82) is 0 Å². The molecule has 1 aliphatic rings. The van der Waals surface area contributed by atoms with Crippen LogP contribution in [0, 0.1) is 12.7 Å². The molecule has 1 saturated heterocycles. The van der Waals surface area contributed by atoms with E-state index in [4.69, 9.17) is 4.74 Å². The lowest BCUT2D eigenvalue weighted by Crippen LogP contribution is -2.29. The van der Waals surface area contributed by atoms with Crippen molar-refractivity contribution in [1.82, 2.24) is 4.98 Å². The number of anilines is 1. The van der Waals surface area contributed by atoms with Gasteiger partial charge in [0.15, 0.2) is 5.13 Å². The first-order chi connectivity index (χ1) is 16.9. The predicted octanol–water partition coefficient (Wildman–Crippen LogP) is 5.77. The fourth-order valence-electron chi connectivity index (χ4n) is 4.11. The van der Waals surface area contributed by atoms with Crippen molar-refractivity contribution >= 4 is 44.1 Å². The van der Waals surface area contributed by atoms with Crippen molar-refractivity contribution < 1.29 is 23.8 Å². The number of ketones is 1. The summed E-state index contributed by atoms with van der Waals surface area (Å²) in [6, 6.07) is 16.9. The van der Waals surface area contributed by atoms with Crippen molar-refractivity contribution in [2.45, 2.75) is 19.9 Å². The molecule has 35 heavy (non-hydrogen) atoms. The molecule has 1 aliphatic heterocycles. The summed E-state index contributed by atoms with van der Waals surface area (Å²) in [6.07, 6.45) is 0. The third kappa shape index (κ3) is 4.06. The topological polar surface area (TPSA) is 79.7 Å². The van der Waals surface area contributed by atoms with Gasteiger partial charge in [0.1, 0.15) is 17.3 Å².